The number of nitrogens with zero attached hydrogens (tertiary/aromatic N) is 2. The van der Waals surface area contributed by atoms with Crippen LogP contribution in [-0.2, 0) is 11.2 Å². The standard InChI is InChI=1S/C13H22N4O/c1-9-12(10(2)16-15-9)3-4-13(18)17-7-5-11(14)6-8-17/h11H,3-8,14H2,1-2H3,(H,15,16). The molecule has 2 rings (SSSR count). The van der Waals surface area contributed by atoms with Crippen LogP contribution in [0, 0.1) is 13.8 Å². The Morgan fingerprint density at radius 1 is 1.44 bits per heavy atom. The number of nitrogens with two attached hydrogens (primary N) is 1. The SMILES string of the molecule is Cc1n[nH]c(C)c1CCC(=O)N1CCC(N)CC1. The first-order valence-electron chi connectivity index (χ1n) is 6.61. The molecule has 1 aromatic rings. The average Bonchev–Trinajstić information content (AvgIpc) is 2.67. The molecular weight excluding hydrogens is 228 g/mol. The lowest BCUT2D eigenvalue weighted by Gasteiger charge is -2.30. The molecule has 0 aliphatic carbocycles. The smallest absolute Gasteiger partial charge is 0.222 e. The molecule has 0 radical (unpaired) electrons. The molecule has 0 saturated carbocycles. The molecule has 1 aromatic heterocycles. The van der Waals surface area contributed by atoms with Crippen molar-refractivity contribution in [1.29, 1.82) is 0 Å². The maximum absolute atomic E-state index is 12.1. The summed E-state index contributed by atoms with van der Waals surface area (Å²) in [6.45, 7) is 5.59. The van der Waals surface area contributed by atoms with E-state index in [0.717, 1.165) is 43.7 Å². The zero-order chi connectivity index (χ0) is 13.1. The maximum atomic E-state index is 12.1. The van der Waals surface area contributed by atoms with Gasteiger partial charge in [0, 0.05) is 31.2 Å². The van der Waals surface area contributed by atoms with E-state index in [2.05, 4.69) is 10.2 Å². The Bertz CT molecular complexity index is 399. The average molecular weight is 250 g/mol. The molecule has 2 heterocycles. The number of carbonyl (C=O) groups is 1. The first kappa shape index (κ1) is 13.1. The summed E-state index contributed by atoms with van der Waals surface area (Å²) in [5.41, 5.74) is 9.09. The summed E-state index contributed by atoms with van der Waals surface area (Å²) in [6.07, 6.45) is 3.19. The summed E-state index contributed by atoms with van der Waals surface area (Å²) in [7, 11) is 0. The lowest BCUT2D eigenvalue weighted by Crippen LogP contribution is -2.42. The van der Waals surface area contributed by atoms with Crippen molar-refractivity contribution in [3.05, 3.63) is 17.0 Å². The highest BCUT2D eigenvalue weighted by molar-refractivity contribution is 5.76. The first-order chi connectivity index (χ1) is 8.58. The van der Waals surface area contributed by atoms with E-state index in [4.69, 9.17) is 5.73 Å². The van der Waals surface area contributed by atoms with E-state index in [-0.39, 0.29) is 11.9 Å². The normalized spacial score (nSPS) is 17.2. The molecule has 0 atom stereocenters. The molecule has 1 aliphatic rings. The van der Waals surface area contributed by atoms with Crippen LogP contribution in [0.5, 0.6) is 0 Å². The van der Waals surface area contributed by atoms with Crippen molar-refractivity contribution in [2.75, 3.05) is 13.1 Å². The third-order valence-electron chi connectivity index (χ3n) is 3.76. The largest absolute Gasteiger partial charge is 0.343 e. The number of piperidine rings is 1. The van der Waals surface area contributed by atoms with Gasteiger partial charge in [0.1, 0.15) is 0 Å². The molecule has 3 N–H and O–H groups in total. The molecule has 1 amide bonds. The van der Waals surface area contributed by atoms with Gasteiger partial charge in [-0.05, 0) is 38.7 Å². The van der Waals surface area contributed by atoms with Gasteiger partial charge in [0.15, 0.2) is 0 Å². The van der Waals surface area contributed by atoms with Crippen LogP contribution in [0.3, 0.4) is 0 Å². The predicted octanol–water partition coefficient (Wildman–Crippen LogP) is 0.909. The van der Waals surface area contributed by atoms with Crippen molar-refractivity contribution < 1.29 is 4.79 Å². The summed E-state index contributed by atoms with van der Waals surface area (Å²) in [4.78, 5) is 14.0. The highest BCUT2D eigenvalue weighted by Crippen LogP contribution is 2.14. The number of hydrogen-bond acceptors (Lipinski definition) is 3. The van der Waals surface area contributed by atoms with Gasteiger partial charge in [-0.2, -0.15) is 5.10 Å². The summed E-state index contributed by atoms with van der Waals surface area (Å²) in [5, 5.41) is 7.10. The summed E-state index contributed by atoms with van der Waals surface area (Å²) in [5.74, 6) is 0.238. The Morgan fingerprint density at radius 2 is 2.11 bits per heavy atom. The van der Waals surface area contributed by atoms with Crippen LogP contribution in [0.1, 0.15) is 36.2 Å². The van der Waals surface area contributed by atoms with Crippen molar-refractivity contribution >= 4 is 5.91 Å². The van der Waals surface area contributed by atoms with E-state index in [1.807, 2.05) is 18.7 Å². The molecule has 0 aromatic carbocycles. The molecular formula is C13H22N4O. The molecule has 5 heteroatoms. The Hall–Kier alpha value is -1.36. The van der Waals surface area contributed by atoms with Gasteiger partial charge in [0.25, 0.3) is 0 Å². The van der Waals surface area contributed by atoms with Crippen molar-refractivity contribution in [3.63, 3.8) is 0 Å². The van der Waals surface area contributed by atoms with Crippen molar-refractivity contribution in [1.82, 2.24) is 15.1 Å². The second-order valence-electron chi connectivity index (χ2n) is 5.13. The number of hydrogen-bond donors (Lipinski definition) is 2. The van der Waals surface area contributed by atoms with Gasteiger partial charge < -0.3 is 10.6 Å². The first-order valence-corrected chi connectivity index (χ1v) is 6.61. The number of amides is 1. The van der Waals surface area contributed by atoms with Crippen LogP contribution in [0.2, 0.25) is 0 Å². The predicted molar refractivity (Wildman–Crippen MR) is 70.2 cm³/mol. The van der Waals surface area contributed by atoms with E-state index in [9.17, 15) is 4.79 Å². The fourth-order valence-corrected chi connectivity index (χ4v) is 2.48. The van der Waals surface area contributed by atoms with Gasteiger partial charge in [-0.3, -0.25) is 9.89 Å². The molecule has 0 spiro atoms. The van der Waals surface area contributed by atoms with E-state index in [1.54, 1.807) is 0 Å². The van der Waals surface area contributed by atoms with Gasteiger partial charge in [-0.1, -0.05) is 0 Å². The van der Waals surface area contributed by atoms with Crippen molar-refractivity contribution in [2.24, 2.45) is 5.73 Å². The van der Waals surface area contributed by atoms with Crippen molar-refractivity contribution in [2.45, 2.75) is 45.6 Å². The van der Waals surface area contributed by atoms with Gasteiger partial charge in [0.2, 0.25) is 5.91 Å². The lowest BCUT2D eigenvalue weighted by molar-refractivity contribution is -0.132. The monoisotopic (exact) mass is 250 g/mol. The molecule has 1 saturated heterocycles. The third-order valence-corrected chi connectivity index (χ3v) is 3.76. The van der Waals surface area contributed by atoms with Crippen LogP contribution in [-0.4, -0.2) is 40.1 Å². The van der Waals surface area contributed by atoms with Crippen LogP contribution in [0.15, 0.2) is 0 Å². The summed E-state index contributed by atoms with van der Waals surface area (Å²) >= 11 is 0. The molecule has 1 aliphatic heterocycles. The number of carbonyl (C=O) groups excluding carboxylic acids is 1. The molecule has 100 valence electrons. The highest BCUT2D eigenvalue weighted by atomic mass is 16.2. The molecule has 0 unspecified atom stereocenters. The number of H-pyrrole nitrogens is 1. The van der Waals surface area contributed by atoms with Crippen LogP contribution >= 0.6 is 0 Å². The van der Waals surface area contributed by atoms with E-state index < -0.39 is 0 Å². The van der Waals surface area contributed by atoms with Crippen LogP contribution < -0.4 is 5.73 Å². The number of likely N-dealkylation sites (tertiary alicyclic amines) is 1. The van der Waals surface area contributed by atoms with E-state index in [0.29, 0.717) is 6.42 Å². The Kier molecular flexibility index (Phi) is 4.01. The second-order valence-corrected chi connectivity index (χ2v) is 5.13. The van der Waals surface area contributed by atoms with Gasteiger partial charge >= 0.3 is 0 Å². The number of aryl methyl sites for hydroxylation is 2. The second kappa shape index (κ2) is 5.52. The van der Waals surface area contributed by atoms with Gasteiger partial charge in [-0.15, -0.1) is 0 Å². The van der Waals surface area contributed by atoms with Gasteiger partial charge in [0.05, 0.1) is 5.69 Å². The summed E-state index contributed by atoms with van der Waals surface area (Å²) in [6, 6.07) is 0.271. The molecule has 0 bridgehead atoms. The van der Waals surface area contributed by atoms with Crippen LogP contribution in [0.4, 0.5) is 0 Å². The lowest BCUT2D eigenvalue weighted by atomic mass is 10.0. The number of rotatable bonds is 3. The molecule has 18 heavy (non-hydrogen) atoms. The fourth-order valence-electron chi connectivity index (χ4n) is 2.48. The maximum Gasteiger partial charge on any atom is 0.222 e. The summed E-state index contributed by atoms with van der Waals surface area (Å²) < 4.78 is 0. The quantitative estimate of drug-likeness (QED) is 0.837. The molecule has 1 fully saturated rings. The molecule has 5 nitrogen and oxygen atoms in total. The van der Waals surface area contributed by atoms with E-state index in [1.165, 1.54) is 5.56 Å². The minimum absolute atomic E-state index is 0.238. The Labute approximate surface area is 108 Å². The zero-order valence-corrected chi connectivity index (χ0v) is 11.2. The zero-order valence-electron chi connectivity index (χ0n) is 11.2. The van der Waals surface area contributed by atoms with Crippen LogP contribution in [0.25, 0.3) is 0 Å². The number of nitrogens with one attached hydrogen (secondary N) is 1. The topological polar surface area (TPSA) is 75.0 Å². The van der Waals surface area contributed by atoms with Gasteiger partial charge in [-0.25, -0.2) is 0 Å². The highest BCUT2D eigenvalue weighted by Gasteiger charge is 2.20. The fraction of sp³-hybridized carbons (Fsp3) is 0.692. The van der Waals surface area contributed by atoms with E-state index >= 15 is 0 Å². The Balaban J connectivity index is 1.85. The Morgan fingerprint density at radius 3 is 2.67 bits per heavy atom. The number of aromatic nitrogens is 2. The minimum Gasteiger partial charge on any atom is -0.343 e. The minimum atomic E-state index is 0.238. The number of aromatic amines is 1. The third kappa shape index (κ3) is 2.90. The van der Waals surface area contributed by atoms with Crippen molar-refractivity contribution in [3.8, 4) is 0 Å².